The number of halogens is 4. The third-order valence-corrected chi connectivity index (χ3v) is 2.49. The van der Waals surface area contributed by atoms with Gasteiger partial charge in [-0.25, -0.2) is 4.39 Å². The highest BCUT2D eigenvalue weighted by Gasteiger charge is 2.34. The minimum Gasteiger partial charge on any atom is -0.379 e. The van der Waals surface area contributed by atoms with Crippen molar-refractivity contribution in [1.29, 1.82) is 0 Å². The van der Waals surface area contributed by atoms with E-state index in [1.54, 1.807) is 0 Å². The first-order valence-electron chi connectivity index (χ1n) is 4.09. The molecule has 0 aliphatic rings. The molecular formula is C9H6F4O3S. The normalized spacial score (nSPS) is 12.2. The molecule has 1 aromatic carbocycles. The molecule has 17 heavy (non-hydrogen) atoms. The minimum absolute atomic E-state index is 0.260. The molecule has 0 fully saturated rings. The summed E-state index contributed by atoms with van der Waals surface area (Å²) in [7, 11) is -4.17. The molecule has 94 valence electrons. The van der Waals surface area contributed by atoms with Crippen LogP contribution in [-0.2, 0) is 16.3 Å². The van der Waals surface area contributed by atoms with Crippen LogP contribution in [0.2, 0.25) is 0 Å². The smallest absolute Gasteiger partial charge is 0.379 e. The summed E-state index contributed by atoms with van der Waals surface area (Å²) in [6.45, 7) is 2.91. The summed E-state index contributed by atoms with van der Waals surface area (Å²) in [5, 5.41) is 0.420. The standard InChI is InChI=1S/C9H6F4O3S/c1-2-17(14,15)16-6-3-4-8(10)7(5-6)9(11,12)13/h2-5H,1H2. The zero-order valence-electron chi connectivity index (χ0n) is 8.16. The van der Waals surface area contributed by atoms with E-state index in [9.17, 15) is 26.0 Å². The molecule has 0 heterocycles. The monoisotopic (exact) mass is 270 g/mol. The van der Waals surface area contributed by atoms with Gasteiger partial charge in [0.1, 0.15) is 11.6 Å². The fourth-order valence-electron chi connectivity index (χ4n) is 0.942. The van der Waals surface area contributed by atoms with Crippen molar-refractivity contribution < 1.29 is 30.2 Å². The van der Waals surface area contributed by atoms with Gasteiger partial charge in [-0.1, -0.05) is 6.58 Å². The van der Waals surface area contributed by atoms with Crippen LogP contribution in [0.25, 0.3) is 0 Å². The van der Waals surface area contributed by atoms with Crippen LogP contribution >= 0.6 is 0 Å². The second-order valence-corrected chi connectivity index (χ2v) is 4.37. The summed E-state index contributed by atoms with van der Waals surface area (Å²) >= 11 is 0. The number of hydrogen-bond acceptors (Lipinski definition) is 3. The van der Waals surface area contributed by atoms with Crippen LogP contribution in [0.5, 0.6) is 5.75 Å². The Morgan fingerprint density at radius 2 is 1.88 bits per heavy atom. The maximum absolute atomic E-state index is 12.8. The molecule has 1 rings (SSSR count). The average Bonchev–Trinajstić information content (AvgIpc) is 2.19. The third kappa shape index (κ3) is 3.45. The van der Waals surface area contributed by atoms with E-state index in [-0.39, 0.29) is 6.07 Å². The Morgan fingerprint density at radius 1 is 1.29 bits per heavy atom. The molecule has 0 unspecified atom stereocenters. The molecule has 0 aromatic heterocycles. The molecule has 0 spiro atoms. The number of rotatable bonds is 3. The first kappa shape index (κ1) is 13.5. The first-order valence-corrected chi connectivity index (χ1v) is 5.56. The van der Waals surface area contributed by atoms with Crippen molar-refractivity contribution in [3.63, 3.8) is 0 Å². The van der Waals surface area contributed by atoms with E-state index in [0.717, 1.165) is 6.07 Å². The Hall–Kier alpha value is -1.57. The van der Waals surface area contributed by atoms with Gasteiger partial charge >= 0.3 is 16.3 Å². The second-order valence-electron chi connectivity index (χ2n) is 2.88. The van der Waals surface area contributed by atoms with E-state index in [0.29, 0.717) is 11.5 Å². The lowest BCUT2D eigenvalue weighted by Gasteiger charge is -2.09. The fraction of sp³-hybridized carbons (Fsp3) is 0.111. The van der Waals surface area contributed by atoms with Gasteiger partial charge in [0.15, 0.2) is 0 Å². The Kier molecular flexibility index (Phi) is 3.46. The van der Waals surface area contributed by atoms with Gasteiger partial charge in [-0.3, -0.25) is 0 Å². The summed E-state index contributed by atoms with van der Waals surface area (Å²) in [6.07, 6.45) is -4.93. The Balaban J connectivity index is 3.19. The van der Waals surface area contributed by atoms with Crippen LogP contribution in [-0.4, -0.2) is 8.42 Å². The van der Waals surface area contributed by atoms with Gasteiger partial charge < -0.3 is 4.18 Å². The van der Waals surface area contributed by atoms with Gasteiger partial charge in [-0.2, -0.15) is 21.6 Å². The maximum Gasteiger partial charge on any atom is 0.419 e. The molecule has 0 amide bonds. The average molecular weight is 270 g/mol. The van der Waals surface area contributed by atoms with E-state index >= 15 is 0 Å². The van der Waals surface area contributed by atoms with Crippen LogP contribution in [0.4, 0.5) is 17.6 Å². The van der Waals surface area contributed by atoms with Crippen molar-refractivity contribution in [3.05, 3.63) is 41.6 Å². The van der Waals surface area contributed by atoms with E-state index in [2.05, 4.69) is 10.8 Å². The van der Waals surface area contributed by atoms with Crippen molar-refractivity contribution in [2.24, 2.45) is 0 Å². The minimum atomic E-state index is -4.93. The van der Waals surface area contributed by atoms with Gasteiger partial charge in [0.25, 0.3) is 0 Å². The molecule has 8 heteroatoms. The maximum atomic E-state index is 12.8. The predicted octanol–water partition coefficient (Wildman–Crippen LogP) is 2.70. The molecule has 0 saturated heterocycles. The summed E-state index contributed by atoms with van der Waals surface area (Å²) < 4.78 is 75.7. The van der Waals surface area contributed by atoms with Crippen molar-refractivity contribution in [1.82, 2.24) is 0 Å². The van der Waals surface area contributed by atoms with Crippen LogP contribution in [0.15, 0.2) is 30.2 Å². The quantitative estimate of drug-likeness (QED) is 0.626. The molecule has 0 radical (unpaired) electrons. The molecule has 0 aliphatic heterocycles. The molecule has 0 aliphatic carbocycles. The number of hydrogen-bond donors (Lipinski definition) is 0. The van der Waals surface area contributed by atoms with Gasteiger partial charge in [0.2, 0.25) is 0 Å². The van der Waals surface area contributed by atoms with Crippen LogP contribution in [0.3, 0.4) is 0 Å². The zero-order valence-corrected chi connectivity index (χ0v) is 8.98. The third-order valence-electron chi connectivity index (χ3n) is 1.66. The van der Waals surface area contributed by atoms with Crippen molar-refractivity contribution >= 4 is 10.1 Å². The number of benzene rings is 1. The molecule has 1 aromatic rings. The van der Waals surface area contributed by atoms with Gasteiger partial charge in [0, 0.05) is 0 Å². The summed E-state index contributed by atoms with van der Waals surface area (Å²) in [5.74, 6) is -2.15. The van der Waals surface area contributed by atoms with Crippen LogP contribution in [0, 0.1) is 5.82 Å². The van der Waals surface area contributed by atoms with Gasteiger partial charge in [-0.05, 0) is 18.2 Å². The van der Waals surface area contributed by atoms with E-state index in [1.807, 2.05) is 0 Å². The summed E-state index contributed by atoms with van der Waals surface area (Å²) in [6, 6.07) is 1.50. The van der Waals surface area contributed by atoms with Crippen molar-refractivity contribution in [2.45, 2.75) is 6.18 Å². The van der Waals surface area contributed by atoms with Crippen molar-refractivity contribution in [3.8, 4) is 5.75 Å². The molecule has 0 bridgehead atoms. The van der Waals surface area contributed by atoms with Crippen molar-refractivity contribution in [2.75, 3.05) is 0 Å². The van der Waals surface area contributed by atoms with Gasteiger partial charge in [0.05, 0.1) is 11.0 Å². The Labute approximate surface area is 94.4 Å². The topological polar surface area (TPSA) is 43.4 Å². The Morgan fingerprint density at radius 3 is 2.35 bits per heavy atom. The van der Waals surface area contributed by atoms with Crippen LogP contribution in [0.1, 0.15) is 5.56 Å². The molecular weight excluding hydrogens is 264 g/mol. The highest BCUT2D eigenvalue weighted by Crippen LogP contribution is 2.33. The molecule has 0 saturated carbocycles. The lowest BCUT2D eigenvalue weighted by atomic mass is 10.2. The largest absolute Gasteiger partial charge is 0.419 e. The second kappa shape index (κ2) is 4.36. The molecule has 0 atom stereocenters. The lowest BCUT2D eigenvalue weighted by molar-refractivity contribution is -0.140. The van der Waals surface area contributed by atoms with Gasteiger partial charge in [-0.15, -0.1) is 0 Å². The zero-order chi connectivity index (χ0) is 13.3. The highest BCUT2D eigenvalue weighted by atomic mass is 32.2. The predicted molar refractivity (Wildman–Crippen MR) is 51.1 cm³/mol. The fourth-order valence-corrected chi connectivity index (χ4v) is 1.38. The first-order chi connectivity index (χ1) is 7.65. The Bertz CT molecular complexity index is 534. The van der Waals surface area contributed by atoms with E-state index in [4.69, 9.17) is 0 Å². The van der Waals surface area contributed by atoms with Crippen LogP contribution < -0.4 is 4.18 Å². The SMILES string of the molecule is C=CS(=O)(=O)Oc1ccc(F)c(C(F)(F)F)c1. The van der Waals surface area contributed by atoms with E-state index < -0.39 is 33.4 Å². The highest BCUT2D eigenvalue weighted by molar-refractivity contribution is 7.90. The lowest BCUT2D eigenvalue weighted by Crippen LogP contribution is -2.10. The summed E-state index contributed by atoms with van der Waals surface area (Å²) in [4.78, 5) is 0. The number of alkyl halides is 3. The molecule has 0 N–H and O–H groups in total. The summed E-state index contributed by atoms with van der Waals surface area (Å²) in [5.41, 5.74) is -1.60. The molecule has 3 nitrogen and oxygen atoms in total. The van der Waals surface area contributed by atoms with E-state index in [1.165, 1.54) is 0 Å².